The first kappa shape index (κ1) is 17.7. The van der Waals surface area contributed by atoms with E-state index in [4.69, 9.17) is 0 Å². The lowest BCUT2D eigenvalue weighted by Gasteiger charge is -2.13. The molecule has 0 aliphatic rings. The monoisotopic (exact) mass is 339 g/mol. The van der Waals surface area contributed by atoms with Crippen LogP contribution in [0.4, 0.5) is 19.0 Å². The van der Waals surface area contributed by atoms with E-state index >= 15 is 0 Å². The molecule has 0 aliphatic carbocycles. The third-order valence-corrected chi connectivity index (χ3v) is 2.95. The van der Waals surface area contributed by atoms with Gasteiger partial charge >= 0.3 is 6.18 Å². The highest BCUT2D eigenvalue weighted by Crippen LogP contribution is 2.27. The van der Waals surface area contributed by atoms with E-state index in [1.165, 1.54) is 0 Å². The van der Waals surface area contributed by atoms with E-state index in [1.807, 2.05) is 6.07 Å². The number of alkyl halides is 3. The topological polar surface area (TPSA) is 64.1 Å². The molecular formula is C16H16F3N3O2. The van der Waals surface area contributed by atoms with Gasteiger partial charge in [0.15, 0.2) is 12.4 Å². The number of anilines is 1. The Kier molecular flexibility index (Phi) is 5.38. The maximum Gasteiger partial charge on any atom is 0.422 e. The predicted molar refractivity (Wildman–Crippen MR) is 82.5 cm³/mol. The molecule has 1 N–H and O–H groups in total. The van der Waals surface area contributed by atoms with E-state index in [1.54, 1.807) is 38.1 Å². The Labute approximate surface area is 136 Å². The Morgan fingerprint density at radius 2 is 1.92 bits per heavy atom. The Balaban J connectivity index is 2.34. The summed E-state index contributed by atoms with van der Waals surface area (Å²) in [6.07, 6.45) is -3.39. The molecule has 0 unspecified atom stereocenters. The van der Waals surface area contributed by atoms with Crippen LogP contribution in [0.3, 0.4) is 0 Å². The lowest BCUT2D eigenvalue weighted by atomic mass is 10.1. The molecular weight excluding hydrogens is 323 g/mol. The van der Waals surface area contributed by atoms with Crippen molar-refractivity contribution in [2.24, 2.45) is 5.92 Å². The SMILES string of the molecule is CC(C)C(=O)Nc1nc(OCC(F)(F)F)cnc1-c1ccccc1. The van der Waals surface area contributed by atoms with Crippen LogP contribution >= 0.6 is 0 Å². The molecule has 0 fully saturated rings. The number of hydrogen-bond donors (Lipinski definition) is 1. The standard InChI is InChI=1S/C16H16F3N3O2/c1-10(2)15(23)22-14-13(11-6-4-3-5-7-11)20-8-12(21-14)24-9-16(17,18)19/h3-8,10H,9H2,1-2H3,(H,21,22,23). The van der Waals surface area contributed by atoms with Gasteiger partial charge in [0, 0.05) is 11.5 Å². The summed E-state index contributed by atoms with van der Waals surface area (Å²) < 4.78 is 41.4. The lowest BCUT2D eigenvalue weighted by molar-refractivity contribution is -0.154. The highest BCUT2D eigenvalue weighted by Gasteiger charge is 2.29. The number of benzene rings is 1. The smallest absolute Gasteiger partial charge is 0.422 e. The van der Waals surface area contributed by atoms with Gasteiger partial charge in [0.1, 0.15) is 5.69 Å². The van der Waals surface area contributed by atoms with E-state index in [2.05, 4.69) is 20.0 Å². The third kappa shape index (κ3) is 4.94. The largest absolute Gasteiger partial charge is 0.467 e. The second kappa shape index (κ2) is 7.29. The minimum absolute atomic E-state index is 0.0552. The summed E-state index contributed by atoms with van der Waals surface area (Å²) in [7, 11) is 0. The van der Waals surface area contributed by atoms with Crippen LogP contribution in [0.2, 0.25) is 0 Å². The molecule has 128 valence electrons. The molecule has 1 amide bonds. The average Bonchev–Trinajstić information content (AvgIpc) is 2.53. The molecule has 8 heteroatoms. The molecule has 2 aromatic rings. The van der Waals surface area contributed by atoms with Crippen molar-refractivity contribution in [3.8, 4) is 17.1 Å². The van der Waals surface area contributed by atoms with Crippen molar-refractivity contribution in [1.82, 2.24) is 9.97 Å². The van der Waals surface area contributed by atoms with Gasteiger partial charge in [-0.2, -0.15) is 18.2 Å². The van der Waals surface area contributed by atoms with Crippen molar-refractivity contribution >= 4 is 11.7 Å². The second-order valence-corrected chi connectivity index (χ2v) is 5.32. The summed E-state index contributed by atoms with van der Waals surface area (Å²) in [4.78, 5) is 20.0. The molecule has 24 heavy (non-hydrogen) atoms. The normalized spacial score (nSPS) is 11.4. The predicted octanol–water partition coefficient (Wildman–Crippen LogP) is 3.68. The maximum absolute atomic E-state index is 12.3. The first-order chi connectivity index (χ1) is 11.3. The third-order valence-electron chi connectivity index (χ3n) is 2.95. The lowest BCUT2D eigenvalue weighted by Crippen LogP contribution is -2.21. The van der Waals surface area contributed by atoms with Crippen LogP contribution in [0.15, 0.2) is 36.5 Å². The molecule has 0 aliphatic heterocycles. The van der Waals surface area contributed by atoms with E-state index < -0.39 is 12.8 Å². The van der Waals surface area contributed by atoms with Crippen molar-refractivity contribution in [2.75, 3.05) is 11.9 Å². The first-order valence-corrected chi connectivity index (χ1v) is 7.19. The van der Waals surface area contributed by atoms with E-state index in [-0.39, 0.29) is 23.5 Å². The highest BCUT2D eigenvalue weighted by atomic mass is 19.4. The molecule has 1 aromatic heterocycles. The van der Waals surface area contributed by atoms with E-state index in [9.17, 15) is 18.0 Å². The van der Waals surface area contributed by atoms with Gasteiger partial charge in [-0.3, -0.25) is 4.79 Å². The van der Waals surface area contributed by atoms with Gasteiger partial charge in [-0.05, 0) is 0 Å². The summed E-state index contributed by atoms with van der Waals surface area (Å²) in [5, 5.41) is 2.57. The van der Waals surface area contributed by atoms with Gasteiger partial charge in [-0.1, -0.05) is 44.2 Å². The number of hydrogen-bond acceptors (Lipinski definition) is 4. The number of aromatic nitrogens is 2. The van der Waals surface area contributed by atoms with E-state index in [0.717, 1.165) is 6.20 Å². The number of carbonyl (C=O) groups is 1. The number of carbonyl (C=O) groups excluding carboxylic acids is 1. The Hall–Kier alpha value is -2.64. The molecule has 0 saturated heterocycles. The molecule has 1 aromatic carbocycles. The molecule has 0 radical (unpaired) electrons. The van der Waals surface area contributed by atoms with Crippen LogP contribution < -0.4 is 10.1 Å². The zero-order chi connectivity index (χ0) is 17.7. The summed E-state index contributed by atoms with van der Waals surface area (Å²) in [5.74, 6) is -0.907. The van der Waals surface area contributed by atoms with Crippen LogP contribution in [0, 0.1) is 5.92 Å². The van der Waals surface area contributed by atoms with Crippen LogP contribution in [-0.2, 0) is 4.79 Å². The van der Waals surface area contributed by atoms with Crippen molar-refractivity contribution in [3.63, 3.8) is 0 Å². The Bertz CT molecular complexity index is 703. The average molecular weight is 339 g/mol. The fraction of sp³-hybridized carbons (Fsp3) is 0.312. The second-order valence-electron chi connectivity index (χ2n) is 5.32. The molecule has 0 atom stereocenters. The highest BCUT2D eigenvalue weighted by molar-refractivity contribution is 5.94. The molecule has 1 heterocycles. The minimum atomic E-state index is -4.48. The molecule has 0 spiro atoms. The van der Waals surface area contributed by atoms with Gasteiger partial charge < -0.3 is 10.1 Å². The Morgan fingerprint density at radius 1 is 1.25 bits per heavy atom. The molecule has 0 saturated carbocycles. The van der Waals surface area contributed by atoms with Gasteiger partial charge in [0.05, 0.1) is 6.20 Å². The Morgan fingerprint density at radius 3 is 2.50 bits per heavy atom. The summed E-state index contributed by atoms with van der Waals surface area (Å²) in [5.41, 5.74) is 1.02. The van der Waals surface area contributed by atoms with Crippen molar-refractivity contribution in [3.05, 3.63) is 36.5 Å². The van der Waals surface area contributed by atoms with Crippen LogP contribution in [-0.4, -0.2) is 28.7 Å². The number of ether oxygens (including phenoxy) is 1. The summed E-state index contributed by atoms with van der Waals surface area (Å²) in [6, 6.07) is 8.87. The van der Waals surface area contributed by atoms with Gasteiger partial charge in [-0.25, -0.2) is 4.98 Å². The van der Waals surface area contributed by atoms with Gasteiger partial charge in [0.2, 0.25) is 11.8 Å². The van der Waals surface area contributed by atoms with Gasteiger partial charge in [-0.15, -0.1) is 0 Å². The van der Waals surface area contributed by atoms with Crippen LogP contribution in [0.25, 0.3) is 11.3 Å². The number of amides is 1. The zero-order valence-electron chi connectivity index (χ0n) is 13.1. The number of rotatable bonds is 5. The number of halogens is 3. The number of nitrogens with zero attached hydrogens (tertiary/aromatic N) is 2. The van der Waals surface area contributed by atoms with Crippen molar-refractivity contribution < 1.29 is 22.7 Å². The minimum Gasteiger partial charge on any atom is -0.467 e. The van der Waals surface area contributed by atoms with Crippen molar-refractivity contribution in [1.29, 1.82) is 0 Å². The fourth-order valence-corrected chi connectivity index (χ4v) is 1.75. The fourth-order valence-electron chi connectivity index (χ4n) is 1.75. The molecule has 5 nitrogen and oxygen atoms in total. The summed E-state index contributed by atoms with van der Waals surface area (Å²) >= 11 is 0. The first-order valence-electron chi connectivity index (χ1n) is 7.19. The van der Waals surface area contributed by atoms with Gasteiger partial charge in [0.25, 0.3) is 0 Å². The van der Waals surface area contributed by atoms with Crippen LogP contribution in [0.1, 0.15) is 13.8 Å². The zero-order valence-corrected chi connectivity index (χ0v) is 13.1. The van der Waals surface area contributed by atoms with Crippen molar-refractivity contribution in [2.45, 2.75) is 20.0 Å². The summed E-state index contributed by atoms with van der Waals surface area (Å²) in [6.45, 7) is 1.90. The molecule has 0 bridgehead atoms. The van der Waals surface area contributed by atoms with Crippen LogP contribution in [0.5, 0.6) is 5.88 Å². The van der Waals surface area contributed by atoms with E-state index in [0.29, 0.717) is 11.3 Å². The quantitative estimate of drug-likeness (QED) is 0.902. The maximum atomic E-state index is 12.3. The number of nitrogens with one attached hydrogen (secondary N) is 1. The molecule has 2 rings (SSSR count).